The summed E-state index contributed by atoms with van der Waals surface area (Å²) in [5, 5.41) is 0. The molecule has 5 nitrogen and oxygen atoms in total. The molecule has 2 aromatic rings. The van der Waals surface area contributed by atoms with E-state index in [1.807, 2.05) is 25.7 Å². The van der Waals surface area contributed by atoms with Crippen molar-refractivity contribution in [1.29, 1.82) is 0 Å². The van der Waals surface area contributed by atoms with Crippen LogP contribution >= 0.6 is 0 Å². The van der Waals surface area contributed by atoms with Crippen LogP contribution in [0.1, 0.15) is 81.6 Å². The van der Waals surface area contributed by atoms with Gasteiger partial charge in [0.1, 0.15) is 23.1 Å². The highest BCUT2D eigenvalue weighted by atomic mass is 19.1. The molecule has 2 aromatic carbocycles. The summed E-state index contributed by atoms with van der Waals surface area (Å²) in [6, 6.07) is 9.20. The lowest BCUT2D eigenvalue weighted by Crippen LogP contribution is -2.45. The lowest BCUT2D eigenvalue weighted by atomic mass is 9.89. The molecule has 2 fully saturated rings. The van der Waals surface area contributed by atoms with E-state index in [4.69, 9.17) is 9.47 Å². The molecule has 1 saturated carbocycles. The van der Waals surface area contributed by atoms with Gasteiger partial charge in [0, 0.05) is 48.9 Å². The Morgan fingerprint density at radius 1 is 0.975 bits per heavy atom. The summed E-state index contributed by atoms with van der Waals surface area (Å²) in [7, 11) is 0. The molecule has 0 spiro atoms. The van der Waals surface area contributed by atoms with Gasteiger partial charge in [0.05, 0.1) is 13.2 Å². The number of halogens is 2. The Morgan fingerprint density at radius 2 is 1.68 bits per heavy atom. The van der Waals surface area contributed by atoms with Gasteiger partial charge in [0.25, 0.3) is 5.91 Å². The lowest BCUT2D eigenvalue weighted by Gasteiger charge is -2.34. The first kappa shape index (κ1) is 30.0. The average Bonchev–Trinajstić information content (AvgIpc) is 3.36. The molecular formula is C33H44F2N2O3. The lowest BCUT2D eigenvalue weighted by molar-refractivity contribution is 0.0709. The van der Waals surface area contributed by atoms with Crippen LogP contribution in [0.2, 0.25) is 0 Å². The van der Waals surface area contributed by atoms with Crippen LogP contribution < -0.4 is 9.47 Å². The van der Waals surface area contributed by atoms with Gasteiger partial charge in [-0.2, -0.15) is 0 Å². The van der Waals surface area contributed by atoms with E-state index in [0.29, 0.717) is 48.9 Å². The van der Waals surface area contributed by atoms with Crippen molar-refractivity contribution in [3.05, 3.63) is 64.7 Å². The van der Waals surface area contributed by atoms with E-state index < -0.39 is 11.6 Å². The number of ether oxygens (including phenoxy) is 2. The minimum Gasteiger partial charge on any atom is -0.494 e. The Kier molecular flexibility index (Phi) is 11.0. The van der Waals surface area contributed by atoms with Gasteiger partial charge < -0.3 is 14.4 Å². The van der Waals surface area contributed by atoms with E-state index in [9.17, 15) is 13.6 Å². The van der Waals surface area contributed by atoms with Crippen molar-refractivity contribution in [3.63, 3.8) is 0 Å². The summed E-state index contributed by atoms with van der Waals surface area (Å²) in [5.74, 6) is 0.590. The minimum atomic E-state index is -0.613. The Hall–Kier alpha value is -2.93. The van der Waals surface area contributed by atoms with E-state index >= 15 is 0 Å². The Morgan fingerprint density at radius 3 is 2.33 bits per heavy atom. The van der Waals surface area contributed by atoms with Crippen molar-refractivity contribution in [3.8, 4) is 11.5 Å². The van der Waals surface area contributed by atoms with E-state index in [-0.39, 0.29) is 11.9 Å². The third-order valence-electron chi connectivity index (χ3n) is 7.99. The van der Waals surface area contributed by atoms with Crippen molar-refractivity contribution < 1.29 is 23.0 Å². The van der Waals surface area contributed by atoms with Gasteiger partial charge in [-0.25, -0.2) is 8.78 Å². The average molecular weight is 555 g/mol. The smallest absolute Gasteiger partial charge is 0.254 e. The minimum absolute atomic E-state index is 0.112. The van der Waals surface area contributed by atoms with E-state index in [1.165, 1.54) is 44.2 Å². The second-order valence-electron chi connectivity index (χ2n) is 11.2. The fraction of sp³-hybridized carbons (Fsp3) is 0.545. The molecule has 4 rings (SSSR count). The summed E-state index contributed by atoms with van der Waals surface area (Å²) < 4.78 is 39.3. The van der Waals surface area contributed by atoms with Crippen LogP contribution in [0.3, 0.4) is 0 Å². The summed E-state index contributed by atoms with van der Waals surface area (Å²) in [4.78, 5) is 18.5. The largest absolute Gasteiger partial charge is 0.494 e. The summed E-state index contributed by atoms with van der Waals surface area (Å²) >= 11 is 0. The van der Waals surface area contributed by atoms with Crippen LogP contribution in [0.5, 0.6) is 11.5 Å². The van der Waals surface area contributed by atoms with Gasteiger partial charge in [-0.3, -0.25) is 9.69 Å². The molecule has 1 unspecified atom stereocenters. The molecule has 1 aliphatic carbocycles. The SMILES string of the molecule is CCOc1cc(OCC)cc(C(=O)N(C/C(C)=C/c2ccc(F)cc2F)CC2CCCN2CC2CCCCC2)c1. The van der Waals surface area contributed by atoms with E-state index in [1.54, 1.807) is 24.3 Å². The first-order chi connectivity index (χ1) is 19.4. The van der Waals surface area contributed by atoms with Gasteiger partial charge in [-0.1, -0.05) is 30.9 Å². The molecule has 1 aliphatic heterocycles. The van der Waals surface area contributed by atoms with Gasteiger partial charge in [-0.15, -0.1) is 0 Å². The van der Waals surface area contributed by atoms with Crippen molar-refractivity contribution in [2.24, 2.45) is 5.92 Å². The zero-order chi connectivity index (χ0) is 28.5. The molecule has 1 atom stereocenters. The summed E-state index contributed by atoms with van der Waals surface area (Å²) in [6.45, 7) is 9.75. The van der Waals surface area contributed by atoms with Crippen LogP contribution in [0.4, 0.5) is 8.78 Å². The fourth-order valence-corrected chi connectivity index (χ4v) is 6.13. The fourth-order valence-electron chi connectivity index (χ4n) is 6.13. The molecule has 0 bridgehead atoms. The number of benzene rings is 2. The normalized spacial score (nSPS) is 18.6. The van der Waals surface area contributed by atoms with Gasteiger partial charge in [-0.05, 0) is 83.2 Å². The zero-order valence-electron chi connectivity index (χ0n) is 24.3. The van der Waals surface area contributed by atoms with Crippen LogP contribution in [0.25, 0.3) is 6.08 Å². The number of likely N-dealkylation sites (tertiary alicyclic amines) is 1. The molecule has 40 heavy (non-hydrogen) atoms. The number of carbonyl (C=O) groups excluding carboxylic acids is 1. The topological polar surface area (TPSA) is 42.0 Å². The highest BCUT2D eigenvalue weighted by Crippen LogP contribution is 2.29. The maximum Gasteiger partial charge on any atom is 0.254 e. The number of rotatable bonds is 12. The Balaban J connectivity index is 1.59. The molecule has 0 radical (unpaired) electrons. The quantitative estimate of drug-likeness (QED) is 0.275. The number of amides is 1. The maximum absolute atomic E-state index is 14.4. The van der Waals surface area contributed by atoms with Crippen LogP contribution in [0.15, 0.2) is 42.0 Å². The van der Waals surface area contributed by atoms with Gasteiger partial charge in [0.15, 0.2) is 0 Å². The van der Waals surface area contributed by atoms with Crippen LogP contribution in [-0.2, 0) is 0 Å². The second kappa shape index (κ2) is 14.6. The van der Waals surface area contributed by atoms with Gasteiger partial charge >= 0.3 is 0 Å². The van der Waals surface area contributed by atoms with E-state index in [2.05, 4.69) is 4.90 Å². The third kappa shape index (κ3) is 8.29. The molecule has 1 amide bonds. The molecule has 0 aromatic heterocycles. The molecule has 218 valence electrons. The Bertz CT molecular complexity index is 1140. The van der Waals surface area contributed by atoms with Crippen LogP contribution in [0, 0.1) is 17.6 Å². The maximum atomic E-state index is 14.4. The molecule has 0 N–H and O–H groups in total. The first-order valence-electron chi connectivity index (χ1n) is 14.9. The number of hydrogen-bond donors (Lipinski definition) is 0. The first-order valence-corrected chi connectivity index (χ1v) is 14.9. The second-order valence-corrected chi connectivity index (χ2v) is 11.2. The van der Waals surface area contributed by atoms with Crippen LogP contribution in [-0.4, -0.2) is 61.1 Å². The predicted molar refractivity (Wildman–Crippen MR) is 156 cm³/mol. The zero-order valence-corrected chi connectivity index (χ0v) is 24.3. The third-order valence-corrected chi connectivity index (χ3v) is 7.99. The Labute approximate surface area is 238 Å². The van der Waals surface area contributed by atoms with Crippen molar-refractivity contribution >= 4 is 12.0 Å². The van der Waals surface area contributed by atoms with Crippen molar-refractivity contribution in [2.75, 3.05) is 39.4 Å². The summed E-state index contributed by atoms with van der Waals surface area (Å²) in [6.07, 6.45) is 10.4. The van der Waals surface area contributed by atoms with Crippen molar-refractivity contribution in [2.45, 2.75) is 71.8 Å². The number of carbonyl (C=O) groups is 1. The van der Waals surface area contributed by atoms with Crippen molar-refractivity contribution in [1.82, 2.24) is 9.80 Å². The van der Waals surface area contributed by atoms with E-state index in [0.717, 1.165) is 43.5 Å². The predicted octanol–water partition coefficient (Wildman–Crippen LogP) is 7.35. The highest BCUT2D eigenvalue weighted by Gasteiger charge is 2.31. The molecule has 1 heterocycles. The molecular weight excluding hydrogens is 510 g/mol. The number of nitrogens with zero attached hydrogens (tertiary/aromatic N) is 2. The standard InChI is InChI=1S/C33H44F2N2O3/c1-4-39-30-17-27(18-31(20-30)40-5-2)33(38)37(21-24(3)16-26-13-14-28(34)19-32(26)35)23-29-12-9-15-36(29)22-25-10-7-6-8-11-25/h13-14,16-20,25,29H,4-12,15,21-23H2,1-3H3/b24-16+. The monoisotopic (exact) mass is 554 g/mol. The molecule has 2 aliphatic rings. The molecule has 1 saturated heterocycles. The number of hydrogen-bond acceptors (Lipinski definition) is 4. The highest BCUT2D eigenvalue weighted by molar-refractivity contribution is 5.95. The van der Waals surface area contributed by atoms with Gasteiger partial charge in [0.2, 0.25) is 0 Å². The molecule has 7 heteroatoms. The summed E-state index contributed by atoms with van der Waals surface area (Å²) in [5.41, 5.74) is 1.64.